The van der Waals surface area contributed by atoms with Crippen LogP contribution >= 0.6 is 11.8 Å². The Morgan fingerprint density at radius 3 is 2.62 bits per heavy atom. The summed E-state index contributed by atoms with van der Waals surface area (Å²) in [6.45, 7) is 9.32. The number of nitrogens with one attached hydrogen (secondary N) is 1. The van der Waals surface area contributed by atoms with E-state index in [-0.39, 0.29) is 0 Å². The quantitative estimate of drug-likeness (QED) is 0.726. The molecule has 1 N–H and O–H groups in total. The van der Waals surface area contributed by atoms with Crippen LogP contribution in [0.2, 0.25) is 0 Å². The lowest BCUT2D eigenvalue weighted by Crippen LogP contribution is -2.25. The molecule has 1 nitrogen and oxygen atoms in total. The van der Waals surface area contributed by atoms with Crippen LogP contribution in [0.4, 0.5) is 0 Å². The lowest BCUT2D eigenvalue weighted by Gasteiger charge is -2.10. The van der Waals surface area contributed by atoms with Crippen molar-refractivity contribution in [3.63, 3.8) is 0 Å². The molecule has 0 saturated carbocycles. The van der Waals surface area contributed by atoms with E-state index in [2.05, 4.69) is 56.1 Å². The predicted octanol–water partition coefficient (Wildman–Crippen LogP) is 3.47. The van der Waals surface area contributed by atoms with E-state index in [1.807, 2.05) is 11.8 Å². The number of thioether (sulfide) groups is 1. The molecule has 88 valence electrons. The van der Waals surface area contributed by atoms with Crippen LogP contribution in [0.25, 0.3) is 0 Å². The molecule has 0 heterocycles. The molecule has 1 aromatic carbocycles. The summed E-state index contributed by atoms with van der Waals surface area (Å²) in [6.07, 6.45) is 0. The van der Waals surface area contributed by atoms with Gasteiger partial charge in [0.2, 0.25) is 0 Å². The van der Waals surface area contributed by atoms with Gasteiger partial charge in [-0.25, -0.2) is 0 Å². The number of hydrogen-bond acceptors (Lipinski definition) is 2. The molecule has 0 aliphatic carbocycles. The maximum absolute atomic E-state index is 4.07. The number of benzene rings is 1. The van der Waals surface area contributed by atoms with Crippen LogP contribution in [0.15, 0.2) is 42.5 Å². The molecule has 2 heteroatoms. The first-order chi connectivity index (χ1) is 7.68. The van der Waals surface area contributed by atoms with Gasteiger partial charge in [-0.1, -0.05) is 56.3 Å². The number of hydrogen-bond donors (Lipinski definition) is 1. The van der Waals surface area contributed by atoms with Crippen LogP contribution < -0.4 is 5.32 Å². The van der Waals surface area contributed by atoms with E-state index in [0.717, 1.165) is 18.1 Å². The summed E-state index contributed by atoms with van der Waals surface area (Å²) in [5, 5.41) is 3.38. The van der Waals surface area contributed by atoms with Crippen LogP contribution in [-0.4, -0.2) is 18.3 Å². The average Bonchev–Trinajstić information content (AvgIpc) is 2.28. The van der Waals surface area contributed by atoms with Crippen LogP contribution in [-0.2, 0) is 5.75 Å². The first-order valence-electron chi connectivity index (χ1n) is 5.70. The maximum Gasteiger partial charge on any atom is 0.0187 e. The SMILES string of the molecule is C=C(CNC(C)C)CSCc1ccccc1. The molecule has 0 amide bonds. The first kappa shape index (κ1) is 13.3. The van der Waals surface area contributed by atoms with E-state index in [0.29, 0.717) is 6.04 Å². The highest BCUT2D eigenvalue weighted by Crippen LogP contribution is 2.13. The summed E-state index contributed by atoms with van der Waals surface area (Å²) in [4.78, 5) is 0. The van der Waals surface area contributed by atoms with Gasteiger partial charge in [-0.05, 0) is 5.56 Å². The van der Waals surface area contributed by atoms with Gasteiger partial charge in [0.1, 0.15) is 0 Å². The molecule has 1 aromatic rings. The minimum Gasteiger partial charge on any atom is -0.311 e. The second kappa shape index (κ2) is 7.53. The second-order valence-corrected chi connectivity index (χ2v) is 5.25. The van der Waals surface area contributed by atoms with E-state index in [9.17, 15) is 0 Å². The zero-order valence-corrected chi connectivity index (χ0v) is 11.0. The lowest BCUT2D eigenvalue weighted by atomic mass is 10.2. The van der Waals surface area contributed by atoms with Gasteiger partial charge in [0.15, 0.2) is 0 Å². The smallest absolute Gasteiger partial charge is 0.0187 e. The highest BCUT2D eigenvalue weighted by Gasteiger charge is 1.98. The van der Waals surface area contributed by atoms with Gasteiger partial charge in [0.05, 0.1) is 0 Å². The zero-order chi connectivity index (χ0) is 11.8. The fraction of sp³-hybridized carbons (Fsp3) is 0.429. The summed E-state index contributed by atoms with van der Waals surface area (Å²) in [5.74, 6) is 2.11. The van der Waals surface area contributed by atoms with Gasteiger partial charge in [-0.15, -0.1) is 0 Å². The molecule has 0 saturated heterocycles. The summed E-state index contributed by atoms with van der Waals surface area (Å²) in [5.41, 5.74) is 2.66. The fourth-order valence-corrected chi connectivity index (χ4v) is 2.21. The van der Waals surface area contributed by atoms with Gasteiger partial charge < -0.3 is 5.32 Å². The van der Waals surface area contributed by atoms with Crippen LogP contribution in [0.5, 0.6) is 0 Å². The maximum atomic E-state index is 4.07. The first-order valence-corrected chi connectivity index (χ1v) is 6.85. The Kier molecular flexibility index (Phi) is 6.27. The second-order valence-electron chi connectivity index (χ2n) is 4.26. The molecule has 1 rings (SSSR count). The molecule has 0 unspecified atom stereocenters. The summed E-state index contributed by atoms with van der Waals surface area (Å²) in [6, 6.07) is 11.1. The lowest BCUT2D eigenvalue weighted by molar-refractivity contribution is 0.623. The van der Waals surface area contributed by atoms with E-state index in [1.165, 1.54) is 11.1 Å². The minimum absolute atomic E-state index is 0.538. The Morgan fingerprint density at radius 2 is 2.00 bits per heavy atom. The Labute approximate surface area is 103 Å². The van der Waals surface area contributed by atoms with E-state index < -0.39 is 0 Å². The van der Waals surface area contributed by atoms with Crippen molar-refractivity contribution in [1.82, 2.24) is 5.32 Å². The average molecular weight is 235 g/mol. The molecule has 0 spiro atoms. The molecule has 16 heavy (non-hydrogen) atoms. The Balaban J connectivity index is 2.13. The minimum atomic E-state index is 0.538. The van der Waals surface area contributed by atoms with E-state index in [1.54, 1.807) is 0 Å². The normalized spacial score (nSPS) is 10.7. The Bertz CT molecular complexity index is 306. The van der Waals surface area contributed by atoms with Crippen molar-refractivity contribution in [2.75, 3.05) is 12.3 Å². The topological polar surface area (TPSA) is 12.0 Å². The Morgan fingerprint density at radius 1 is 1.31 bits per heavy atom. The van der Waals surface area contributed by atoms with Crippen molar-refractivity contribution < 1.29 is 0 Å². The summed E-state index contributed by atoms with van der Waals surface area (Å²) < 4.78 is 0. The van der Waals surface area contributed by atoms with Gasteiger partial charge >= 0.3 is 0 Å². The van der Waals surface area contributed by atoms with Gasteiger partial charge in [-0.3, -0.25) is 0 Å². The molecular formula is C14H21NS. The molecular weight excluding hydrogens is 214 g/mol. The zero-order valence-electron chi connectivity index (χ0n) is 10.2. The van der Waals surface area contributed by atoms with Crippen molar-refractivity contribution in [2.45, 2.75) is 25.6 Å². The third-order valence-electron chi connectivity index (χ3n) is 2.18. The van der Waals surface area contributed by atoms with Crippen molar-refractivity contribution in [3.8, 4) is 0 Å². The monoisotopic (exact) mass is 235 g/mol. The van der Waals surface area contributed by atoms with Crippen LogP contribution in [0, 0.1) is 0 Å². The largest absolute Gasteiger partial charge is 0.311 e. The summed E-state index contributed by atoms with van der Waals surface area (Å²) in [7, 11) is 0. The van der Waals surface area contributed by atoms with Crippen molar-refractivity contribution in [1.29, 1.82) is 0 Å². The molecule has 0 radical (unpaired) electrons. The standard InChI is InChI=1S/C14H21NS/c1-12(2)15-9-13(3)10-16-11-14-7-5-4-6-8-14/h4-8,12,15H,3,9-11H2,1-2H3. The van der Waals surface area contributed by atoms with E-state index >= 15 is 0 Å². The molecule has 0 bridgehead atoms. The molecule has 0 aromatic heterocycles. The highest BCUT2D eigenvalue weighted by molar-refractivity contribution is 7.98. The van der Waals surface area contributed by atoms with Crippen molar-refractivity contribution in [2.24, 2.45) is 0 Å². The molecule has 0 fully saturated rings. The third kappa shape index (κ3) is 5.99. The van der Waals surface area contributed by atoms with Crippen LogP contribution in [0.1, 0.15) is 19.4 Å². The summed E-state index contributed by atoms with van der Waals surface area (Å²) >= 11 is 1.93. The van der Waals surface area contributed by atoms with E-state index in [4.69, 9.17) is 0 Å². The molecule has 0 aliphatic heterocycles. The highest BCUT2D eigenvalue weighted by atomic mass is 32.2. The number of rotatable bonds is 7. The van der Waals surface area contributed by atoms with Crippen LogP contribution in [0.3, 0.4) is 0 Å². The third-order valence-corrected chi connectivity index (χ3v) is 3.33. The van der Waals surface area contributed by atoms with Gasteiger partial charge in [-0.2, -0.15) is 11.8 Å². The van der Waals surface area contributed by atoms with Crippen molar-refractivity contribution in [3.05, 3.63) is 48.0 Å². The predicted molar refractivity (Wildman–Crippen MR) is 74.9 cm³/mol. The van der Waals surface area contributed by atoms with Gasteiger partial charge in [0.25, 0.3) is 0 Å². The van der Waals surface area contributed by atoms with Gasteiger partial charge in [0, 0.05) is 24.1 Å². The molecule has 0 atom stereocenters. The fourth-order valence-electron chi connectivity index (χ4n) is 1.29. The molecule has 0 aliphatic rings. The van der Waals surface area contributed by atoms with Crippen molar-refractivity contribution >= 4 is 11.8 Å². The Hall–Kier alpha value is -0.730.